The average Bonchev–Trinajstić information content (AvgIpc) is 2.05. The molecule has 1 aromatic rings. The molecule has 0 saturated carbocycles. The zero-order chi connectivity index (χ0) is 8.27. The largest absolute Gasteiger partial charge is 0.388 e. The number of thiol groups is 1. The van der Waals surface area contributed by atoms with Crippen LogP contribution in [0.3, 0.4) is 0 Å². The monoisotopic (exact) mass is 168 g/mol. The molecular weight excluding hydrogens is 156 g/mol. The summed E-state index contributed by atoms with van der Waals surface area (Å²) in [5.74, 6) is 0.475. The van der Waals surface area contributed by atoms with Crippen molar-refractivity contribution in [2.75, 3.05) is 5.75 Å². The quantitative estimate of drug-likeness (QED) is 0.647. The van der Waals surface area contributed by atoms with Crippen LogP contribution in [-0.4, -0.2) is 10.9 Å². The van der Waals surface area contributed by atoms with Gasteiger partial charge in [0.05, 0.1) is 6.10 Å². The number of aliphatic hydroxyl groups excluding tert-OH is 1. The number of benzene rings is 1. The van der Waals surface area contributed by atoms with Gasteiger partial charge in [0.2, 0.25) is 0 Å². The first-order valence-electron chi connectivity index (χ1n) is 3.59. The lowest BCUT2D eigenvalue weighted by Crippen LogP contribution is -1.97. The minimum Gasteiger partial charge on any atom is -0.388 e. The fraction of sp³-hybridized carbons (Fsp3) is 0.333. The predicted molar refractivity (Wildman–Crippen MR) is 50.0 cm³/mol. The van der Waals surface area contributed by atoms with Crippen molar-refractivity contribution in [1.29, 1.82) is 0 Å². The van der Waals surface area contributed by atoms with Gasteiger partial charge >= 0.3 is 0 Å². The van der Waals surface area contributed by atoms with E-state index in [1.165, 1.54) is 5.56 Å². The minimum absolute atomic E-state index is 0.432. The molecule has 0 aliphatic rings. The van der Waals surface area contributed by atoms with E-state index in [4.69, 9.17) is 0 Å². The Kier molecular flexibility index (Phi) is 2.97. The highest BCUT2D eigenvalue weighted by molar-refractivity contribution is 7.80. The predicted octanol–water partition coefficient (Wildman–Crippen LogP) is 1.96. The van der Waals surface area contributed by atoms with Crippen molar-refractivity contribution in [3.63, 3.8) is 0 Å². The second-order valence-electron chi connectivity index (χ2n) is 2.61. The highest BCUT2D eigenvalue weighted by Gasteiger charge is 2.02. The molecule has 0 aliphatic heterocycles. The summed E-state index contributed by atoms with van der Waals surface area (Å²) in [6.07, 6.45) is -0.432. The summed E-state index contributed by atoms with van der Waals surface area (Å²) in [6, 6.07) is 7.83. The first-order chi connectivity index (χ1) is 5.24. The Morgan fingerprint density at radius 2 is 1.91 bits per heavy atom. The van der Waals surface area contributed by atoms with Crippen molar-refractivity contribution in [1.82, 2.24) is 0 Å². The maximum Gasteiger partial charge on any atom is 0.0877 e. The Hall–Kier alpha value is -0.470. The normalized spacial score (nSPS) is 13.0. The van der Waals surface area contributed by atoms with Crippen LogP contribution in [0.4, 0.5) is 0 Å². The lowest BCUT2D eigenvalue weighted by atomic mass is 10.1. The summed E-state index contributed by atoms with van der Waals surface area (Å²) >= 11 is 4.00. The molecule has 0 radical (unpaired) electrons. The van der Waals surface area contributed by atoms with Crippen LogP contribution in [0.2, 0.25) is 0 Å². The molecule has 0 aliphatic carbocycles. The Balaban J connectivity index is 2.81. The van der Waals surface area contributed by atoms with Gasteiger partial charge in [-0.3, -0.25) is 0 Å². The Morgan fingerprint density at radius 3 is 2.36 bits per heavy atom. The summed E-state index contributed by atoms with van der Waals surface area (Å²) < 4.78 is 0. The molecule has 1 N–H and O–H groups in total. The maximum atomic E-state index is 9.34. The van der Waals surface area contributed by atoms with Gasteiger partial charge in [-0.15, -0.1) is 0 Å². The van der Waals surface area contributed by atoms with Gasteiger partial charge in [0.25, 0.3) is 0 Å². The van der Waals surface area contributed by atoms with Crippen LogP contribution in [0.5, 0.6) is 0 Å². The fourth-order valence-electron chi connectivity index (χ4n) is 0.894. The van der Waals surface area contributed by atoms with Gasteiger partial charge in [0, 0.05) is 5.75 Å². The third-order valence-corrected chi connectivity index (χ3v) is 1.98. The standard InChI is InChI=1S/C9H12OS/c1-7-2-4-8(5-3-7)9(10)6-11/h2-5,9-11H,6H2,1H3. The molecule has 1 nitrogen and oxygen atoms in total. The van der Waals surface area contributed by atoms with E-state index >= 15 is 0 Å². The van der Waals surface area contributed by atoms with Crippen LogP contribution < -0.4 is 0 Å². The summed E-state index contributed by atoms with van der Waals surface area (Å²) in [5.41, 5.74) is 2.14. The molecule has 1 unspecified atom stereocenters. The van der Waals surface area contributed by atoms with E-state index in [0.717, 1.165) is 5.56 Å². The number of aryl methyl sites for hydroxylation is 1. The van der Waals surface area contributed by atoms with Gasteiger partial charge in [-0.1, -0.05) is 29.8 Å². The summed E-state index contributed by atoms with van der Waals surface area (Å²) in [6.45, 7) is 2.02. The molecular formula is C9H12OS. The highest BCUT2D eigenvalue weighted by Crippen LogP contribution is 2.13. The first kappa shape index (κ1) is 8.62. The molecule has 11 heavy (non-hydrogen) atoms. The topological polar surface area (TPSA) is 20.2 Å². The van der Waals surface area contributed by atoms with E-state index in [1.807, 2.05) is 31.2 Å². The molecule has 0 aromatic heterocycles. The van der Waals surface area contributed by atoms with Crippen molar-refractivity contribution in [2.45, 2.75) is 13.0 Å². The molecule has 2 heteroatoms. The maximum absolute atomic E-state index is 9.34. The van der Waals surface area contributed by atoms with Crippen LogP contribution in [0, 0.1) is 6.92 Å². The third-order valence-electron chi connectivity index (χ3n) is 1.64. The van der Waals surface area contributed by atoms with Gasteiger partial charge in [0.15, 0.2) is 0 Å². The summed E-state index contributed by atoms with van der Waals surface area (Å²) in [4.78, 5) is 0. The van der Waals surface area contributed by atoms with Crippen molar-refractivity contribution in [3.8, 4) is 0 Å². The van der Waals surface area contributed by atoms with E-state index in [-0.39, 0.29) is 0 Å². The van der Waals surface area contributed by atoms with Crippen LogP contribution in [0.1, 0.15) is 17.2 Å². The number of hydrogen-bond acceptors (Lipinski definition) is 2. The smallest absolute Gasteiger partial charge is 0.0877 e. The van der Waals surface area contributed by atoms with Crippen molar-refractivity contribution >= 4 is 12.6 Å². The van der Waals surface area contributed by atoms with Crippen molar-refractivity contribution in [3.05, 3.63) is 35.4 Å². The molecule has 0 fully saturated rings. The average molecular weight is 168 g/mol. The van der Waals surface area contributed by atoms with Crippen LogP contribution in [0.15, 0.2) is 24.3 Å². The molecule has 0 amide bonds. The SMILES string of the molecule is Cc1ccc(C(O)CS)cc1. The van der Waals surface area contributed by atoms with Crippen LogP contribution in [0.25, 0.3) is 0 Å². The van der Waals surface area contributed by atoms with Gasteiger partial charge in [0.1, 0.15) is 0 Å². The van der Waals surface area contributed by atoms with Gasteiger partial charge in [-0.25, -0.2) is 0 Å². The Bertz CT molecular complexity index is 218. The molecule has 0 saturated heterocycles. The van der Waals surface area contributed by atoms with Gasteiger partial charge in [-0.05, 0) is 12.5 Å². The molecule has 1 atom stereocenters. The lowest BCUT2D eigenvalue weighted by Gasteiger charge is -2.06. The summed E-state index contributed by atoms with van der Waals surface area (Å²) in [5, 5.41) is 9.34. The molecule has 60 valence electrons. The first-order valence-corrected chi connectivity index (χ1v) is 4.23. The van der Waals surface area contributed by atoms with Crippen molar-refractivity contribution < 1.29 is 5.11 Å². The number of rotatable bonds is 2. The minimum atomic E-state index is -0.432. The lowest BCUT2D eigenvalue weighted by molar-refractivity contribution is 0.204. The number of aliphatic hydroxyl groups is 1. The molecule has 0 spiro atoms. The Labute approximate surface area is 72.5 Å². The highest BCUT2D eigenvalue weighted by atomic mass is 32.1. The number of hydrogen-bond donors (Lipinski definition) is 2. The zero-order valence-corrected chi connectivity index (χ0v) is 7.38. The zero-order valence-electron chi connectivity index (χ0n) is 6.49. The van der Waals surface area contributed by atoms with Crippen molar-refractivity contribution in [2.24, 2.45) is 0 Å². The molecule has 1 aromatic carbocycles. The van der Waals surface area contributed by atoms with E-state index in [0.29, 0.717) is 5.75 Å². The third kappa shape index (κ3) is 2.24. The molecule has 0 bridgehead atoms. The van der Waals surface area contributed by atoms with E-state index in [9.17, 15) is 5.11 Å². The molecule has 1 rings (SSSR count). The van der Waals surface area contributed by atoms with E-state index in [2.05, 4.69) is 12.6 Å². The van der Waals surface area contributed by atoms with Gasteiger partial charge < -0.3 is 5.11 Å². The van der Waals surface area contributed by atoms with E-state index < -0.39 is 6.10 Å². The Morgan fingerprint density at radius 1 is 1.36 bits per heavy atom. The van der Waals surface area contributed by atoms with Crippen LogP contribution in [-0.2, 0) is 0 Å². The molecule has 0 heterocycles. The second kappa shape index (κ2) is 3.79. The second-order valence-corrected chi connectivity index (χ2v) is 2.97. The van der Waals surface area contributed by atoms with Gasteiger partial charge in [-0.2, -0.15) is 12.6 Å². The fourth-order valence-corrected chi connectivity index (χ4v) is 1.10. The van der Waals surface area contributed by atoms with Crippen LogP contribution >= 0.6 is 12.6 Å². The summed E-state index contributed by atoms with van der Waals surface area (Å²) in [7, 11) is 0. The van der Waals surface area contributed by atoms with E-state index in [1.54, 1.807) is 0 Å².